The summed E-state index contributed by atoms with van der Waals surface area (Å²) in [5, 5.41) is 15.6. The van der Waals surface area contributed by atoms with Gasteiger partial charge in [-0.2, -0.15) is 0 Å². The second-order valence-corrected chi connectivity index (χ2v) is 6.38. The number of halogens is 1. The minimum absolute atomic E-state index is 0.0507. The quantitative estimate of drug-likeness (QED) is 0.638. The molecule has 2 aliphatic heterocycles. The van der Waals surface area contributed by atoms with Gasteiger partial charge in [0.15, 0.2) is 0 Å². The van der Waals surface area contributed by atoms with E-state index in [1.165, 1.54) is 25.1 Å². The number of carbonyl (C=O) groups is 3. The molecule has 3 unspecified atom stereocenters. The van der Waals surface area contributed by atoms with Crippen LogP contribution in [-0.2, 0) is 19.9 Å². The lowest BCUT2D eigenvalue weighted by Crippen LogP contribution is -2.69. The molecular weight excluding hydrogens is 359 g/mol. The lowest BCUT2D eigenvalue weighted by atomic mass is 9.83. The maximum Gasteiger partial charge on any atom is 0.408 e. The molecule has 3 N–H and O–H groups in total. The first-order valence-electron chi connectivity index (χ1n) is 8.32. The zero-order valence-corrected chi connectivity index (χ0v) is 14.5. The van der Waals surface area contributed by atoms with Gasteiger partial charge < -0.3 is 20.5 Å². The van der Waals surface area contributed by atoms with E-state index in [2.05, 4.69) is 15.6 Å². The van der Waals surface area contributed by atoms with Crippen LogP contribution in [0.1, 0.15) is 12.5 Å². The third-order valence-electron chi connectivity index (χ3n) is 4.67. The molecular formula is C17H19FN4O5. The Bertz CT molecular complexity index is 801. The number of nitrogens with one attached hydrogen (secondary N) is 2. The summed E-state index contributed by atoms with van der Waals surface area (Å²) in [5.74, 6) is -1.61. The van der Waals surface area contributed by atoms with E-state index in [1.54, 1.807) is 6.07 Å². The van der Waals surface area contributed by atoms with Gasteiger partial charge in [0.2, 0.25) is 12.1 Å². The van der Waals surface area contributed by atoms with Gasteiger partial charge in [0.25, 0.3) is 0 Å². The van der Waals surface area contributed by atoms with Crippen LogP contribution >= 0.6 is 0 Å². The first kappa shape index (κ1) is 18.8. The molecule has 1 aromatic rings. The number of carbonyl (C=O) groups excluding carboxylic acids is 2. The van der Waals surface area contributed by atoms with Crippen molar-refractivity contribution in [2.45, 2.75) is 24.7 Å². The number of piperazine rings is 1. The fourth-order valence-electron chi connectivity index (χ4n) is 3.42. The fraction of sp³-hybridized carbons (Fsp3) is 0.412. The minimum Gasteiger partial charge on any atom is -0.465 e. The van der Waals surface area contributed by atoms with Crippen LogP contribution in [-0.4, -0.2) is 66.1 Å². The summed E-state index contributed by atoms with van der Waals surface area (Å²) >= 11 is 0. The molecule has 0 saturated carbocycles. The molecule has 0 aromatic heterocycles. The molecule has 3 atom stereocenters. The SMILES string of the molecule is CC(=O)NCC1CN(C(=O)O)C(c2ccccc2F)(C2N=CC(=O)O2)CN1. The molecule has 10 heteroatoms. The molecule has 2 aliphatic rings. The molecule has 27 heavy (non-hydrogen) atoms. The van der Waals surface area contributed by atoms with E-state index < -0.39 is 35.7 Å². The summed E-state index contributed by atoms with van der Waals surface area (Å²) in [7, 11) is 0. The van der Waals surface area contributed by atoms with Crippen LogP contribution in [0.4, 0.5) is 9.18 Å². The van der Waals surface area contributed by atoms with Gasteiger partial charge >= 0.3 is 12.1 Å². The van der Waals surface area contributed by atoms with E-state index >= 15 is 0 Å². The van der Waals surface area contributed by atoms with Crippen molar-refractivity contribution in [2.24, 2.45) is 4.99 Å². The number of cyclic esters (lactones) is 1. The van der Waals surface area contributed by atoms with Crippen molar-refractivity contribution in [3.63, 3.8) is 0 Å². The van der Waals surface area contributed by atoms with Crippen molar-refractivity contribution < 1.29 is 28.6 Å². The normalized spacial score (nSPS) is 27.3. The highest BCUT2D eigenvalue weighted by molar-refractivity contribution is 6.24. The van der Waals surface area contributed by atoms with Crippen molar-refractivity contribution in [3.8, 4) is 0 Å². The molecule has 1 aromatic carbocycles. The standard InChI is InChI=1S/C17H19FN4O5/c1-10(23)19-6-11-8-22(16(25)26)17(9-21-11,15-20-7-14(24)27-15)12-4-2-3-5-13(12)18/h2-5,7,11,15,21H,6,8-9H2,1H3,(H,19,23)(H,25,26). The van der Waals surface area contributed by atoms with E-state index in [-0.39, 0.29) is 31.1 Å². The Morgan fingerprint density at radius 2 is 2.22 bits per heavy atom. The van der Waals surface area contributed by atoms with Gasteiger partial charge in [0.1, 0.15) is 17.6 Å². The average molecular weight is 378 g/mol. The van der Waals surface area contributed by atoms with E-state index in [1.807, 2.05) is 0 Å². The molecule has 144 valence electrons. The molecule has 0 bridgehead atoms. The Hall–Kier alpha value is -3.01. The van der Waals surface area contributed by atoms with Crippen LogP contribution in [0.3, 0.4) is 0 Å². The first-order chi connectivity index (χ1) is 12.8. The summed E-state index contributed by atoms with van der Waals surface area (Å²) in [5.41, 5.74) is -1.53. The van der Waals surface area contributed by atoms with Gasteiger partial charge in [-0.3, -0.25) is 9.69 Å². The molecule has 2 heterocycles. The number of rotatable bonds is 4. The first-order valence-corrected chi connectivity index (χ1v) is 8.32. The van der Waals surface area contributed by atoms with Gasteiger partial charge in [-0.25, -0.2) is 19.0 Å². The summed E-state index contributed by atoms with van der Waals surface area (Å²) in [6.07, 6.45) is -1.59. The maximum absolute atomic E-state index is 14.7. The zero-order chi connectivity index (χ0) is 19.6. The summed E-state index contributed by atoms with van der Waals surface area (Å²) in [4.78, 5) is 39.8. The average Bonchev–Trinajstić information content (AvgIpc) is 3.07. The fourth-order valence-corrected chi connectivity index (χ4v) is 3.42. The van der Waals surface area contributed by atoms with Crippen molar-refractivity contribution >= 4 is 24.2 Å². The van der Waals surface area contributed by atoms with Gasteiger partial charge in [0, 0.05) is 38.2 Å². The van der Waals surface area contributed by atoms with Crippen LogP contribution in [0.15, 0.2) is 29.3 Å². The number of amides is 2. The van der Waals surface area contributed by atoms with Crippen molar-refractivity contribution in [2.75, 3.05) is 19.6 Å². The third-order valence-corrected chi connectivity index (χ3v) is 4.67. The minimum atomic E-state index is -1.58. The van der Waals surface area contributed by atoms with Crippen LogP contribution in [0.25, 0.3) is 0 Å². The van der Waals surface area contributed by atoms with Crippen molar-refractivity contribution in [1.82, 2.24) is 15.5 Å². The second-order valence-electron chi connectivity index (χ2n) is 6.38. The van der Waals surface area contributed by atoms with Gasteiger partial charge in [0.05, 0.1) is 0 Å². The Labute approximate surface area is 154 Å². The number of ether oxygens (including phenoxy) is 1. The third kappa shape index (κ3) is 3.47. The monoisotopic (exact) mass is 378 g/mol. The molecule has 0 spiro atoms. The van der Waals surface area contributed by atoms with Crippen molar-refractivity contribution in [3.05, 3.63) is 35.6 Å². The summed E-state index contributed by atoms with van der Waals surface area (Å²) in [6, 6.07) is 5.32. The highest BCUT2D eigenvalue weighted by Crippen LogP contribution is 2.39. The van der Waals surface area contributed by atoms with Gasteiger partial charge in [-0.1, -0.05) is 18.2 Å². The Morgan fingerprint density at radius 1 is 1.48 bits per heavy atom. The molecule has 1 fully saturated rings. The predicted molar refractivity (Wildman–Crippen MR) is 91.7 cm³/mol. The number of aliphatic imine (C=N–C) groups is 1. The Morgan fingerprint density at radius 3 is 2.81 bits per heavy atom. The summed E-state index contributed by atoms with van der Waals surface area (Å²) < 4.78 is 19.8. The van der Waals surface area contributed by atoms with Crippen LogP contribution in [0.5, 0.6) is 0 Å². The lowest BCUT2D eigenvalue weighted by Gasteiger charge is -2.49. The van der Waals surface area contributed by atoms with E-state index in [0.717, 1.165) is 11.1 Å². The molecule has 2 amide bonds. The number of hydrogen-bond acceptors (Lipinski definition) is 6. The van der Waals surface area contributed by atoms with Crippen LogP contribution in [0, 0.1) is 5.82 Å². The molecule has 0 radical (unpaired) electrons. The Kier molecular flexibility index (Phi) is 5.08. The predicted octanol–water partition coefficient (Wildman–Crippen LogP) is 0.0626. The topological polar surface area (TPSA) is 120 Å². The molecule has 1 saturated heterocycles. The largest absolute Gasteiger partial charge is 0.465 e. The van der Waals surface area contributed by atoms with E-state index in [0.29, 0.717) is 0 Å². The summed E-state index contributed by atoms with van der Waals surface area (Å²) in [6.45, 7) is 1.43. The maximum atomic E-state index is 14.7. The van der Waals surface area contributed by atoms with Crippen molar-refractivity contribution in [1.29, 1.82) is 0 Å². The smallest absolute Gasteiger partial charge is 0.408 e. The zero-order valence-electron chi connectivity index (χ0n) is 14.5. The highest BCUT2D eigenvalue weighted by atomic mass is 19.1. The molecule has 9 nitrogen and oxygen atoms in total. The van der Waals surface area contributed by atoms with Crippen LogP contribution < -0.4 is 10.6 Å². The molecule has 3 rings (SSSR count). The molecule has 0 aliphatic carbocycles. The van der Waals surface area contributed by atoms with Gasteiger partial charge in [-0.15, -0.1) is 0 Å². The number of esters is 1. The van der Waals surface area contributed by atoms with E-state index in [9.17, 15) is 23.9 Å². The number of nitrogens with zero attached hydrogens (tertiary/aromatic N) is 2. The van der Waals surface area contributed by atoms with Crippen LogP contribution in [0.2, 0.25) is 0 Å². The number of hydrogen-bond donors (Lipinski definition) is 3. The number of carboxylic acid groups (broad SMARTS) is 1. The van der Waals surface area contributed by atoms with Gasteiger partial charge in [-0.05, 0) is 6.07 Å². The van der Waals surface area contributed by atoms with E-state index in [4.69, 9.17) is 4.74 Å². The Balaban J connectivity index is 2.02. The second kappa shape index (κ2) is 7.31. The highest BCUT2D eigenvalue weighted by Gasteiger charge is 2.55. The number of benzene rings is 1. The lowest BCUT2D eigenvalue weighted by molar-refractivity contribution is -0.147.